The van der Waals surface area contributed by atoms with Crippen LogP contribution in [0.4, 0.5) is 50.4 Å². The molecular formula is C104H117BrClFN16O5. The van der Waals surface area contributed by atoms with Crippen LogP contribution in [-0.4, -0.2) is 68.6 Å². The molecule has 4 fully saturated rings. The number of nitrogens with zero attached hydrogens (tertiary/aromatic N) is 8. The normalized spacial score (nSPS) is 14.3. The van der Waals surface area contributed by atoms with Crippen LogP contribution in [0.3, 0.4) is 0 Å². The van der Waals surface area contributed by atoms with E-state index < -0.39 is 0 Å². The molecule has 4 heterocycles. The summed E-state index contributed by atoms with van der Waals surface area (Å²) in [7, 11) is 0. The van der Waals surface area contributed by atoms with Gasteiger partial charge < -0.3 is 49.3 Å². The predicted octanol–water partition coefficient (Wildman–Crippen LogP) is 22.9. The van der Waals surface area contributed by atoms with Crippen LogP contribution in [0.25, 0.3) is 45.0 Å². The molecular weight excluding hydrogens is 1690 g/mol. The molecule has 4 saturated carbocycles. The van der Waals surface area contributed by atoms with Gasteiger partial charge in [0.2, 0.25) is 23.6 Å². The van der Waals surface area contributed by atoms with Gasteiger partial charge in [0, 0.05) is 54.5 Å². The highest BCUT2D eigenvalue weighted by atomic mass is 79.9. The second-order valence-corrected chi connectivity index (χ2v) is 35.7. The van der Waals surface area contributed by atoms with Crippen LogP contribution in [0.1, 0.15) is 199 Å². The zero-order valence-corrected chi connectivity index (χ0v) is 75.2. The Bertz CT molecular complexity index is 4870. The van der Waals surface area contributed by atoms with Crippen molar-refractivity contribution in [3.05, 3.63) is 279 Å². The van der Waals surface area contributed by atoms with Crippen molar-refractivity contribution in [1.29, 1.82) is 0 Å². The van der Waals surface area contributed by atoms with Gasteiger partial charge in [-0.05, 0) is 194 Å². The fourth-order valence-electron chi connectivity index (χ4n) is 17.1. The number of rotatable bonds is 28. The first-order valence-corrected chi connectivity index (χ1v) is 46.5. The van der Waals surface area contributed by atoms with Gasteiger partial charge in [-0.3, -0.25) is 19.2 Å². The minimum atomic E-state index is -0.316. The molecule has 8 aromatic carbocycles. The lowest BCUT2D eigenvalue weighted by atomic mass is 9.86. The molecule has 0 atom stereocenters. The largest absolute Gasteiger partial charge is 0.508 e. The highest BCUT2D eigenvalue weighted by Crippen LogP contribution is 2.36. The number of aromatic nitrogens is 8. The third-order valence-electron chi connectivity index (χ3n) is 24.4. The first-order chi connectivity index (χ1) is 62.3. The molecule has 4 amide bonds. The SMILES string of the molecule is Nc1ccc(-c2cnc(NC(=O)Cc3ccc(Br)cc3)c(CCC3CCCCC3)n2)cc1.Nc1ccc(-c2cnc(NC(=O)Cc3ccc(Cl)cc3)c(CCC3CCCCC3)n2)cc1.Nc1ccc(-c2cnc(NC(=O)Cc3ccc(F)cc3)c(CCC3CCCCC3)n2)cc1.Nc1ccc(-c2cnc(NC(=O)Cc3ccc(O)cc3)c(CCC3CCCCC3)n2)cc1. The second-order valence-electron chi connectivity index (χ2n) is 34.3. The fourth-order valence-corrected chi connectivity index (χ4v) is 17.5. The second kappa shape index (κ2) is 48.0. The number of phenols is 1. The van der Waals surface area contributed by atoms with Crippen LogP contribution >= 0.6 is 27.5 Å². The maximum atomic E-state index is 13.1. The van der Waals surface area contributed by atoms with Gasteiger partial charge in [0.25, 0.3) is 0 Å². The number of hydrogen-bond donors (Lipinski definition) is 9. The number of aryl methyl sites for hydroxylation is 4. The lowest BCUT2D eigenvalue weighted by Crippen LogP contribution is -2.18. The maximum Gasteiger partial charge on any atom is 0.229 e. The summed E-state index contributed by atoms with van der Waals surface area (Å²) < 4.78 is 14.1. The Morgan fingerprint density at radius 2 is 0.555 bits per heavy atom. The first-order valence-electron chi connectivity index (χ1n) is 45.3. The van der Waals surface area contributed by atoms with Gasteiger partial charge in [-0.2, -0.15) is 0 Å². The third-order valence-corrected chi connectivity index (χ3v) is 25.2. The standard InChI is InChI=1S/C26H29BrN4O.C26H29ClN4O.C26H29FN4O.C26H30N4O2/c3*27-21-11-6-19(7-12-21)16-25(32)31-26-23(15-8-18-4-2-1-3-5-18)30-24(17-29-26)20-9-13-22(28)14-10-20;27-21-11-9-20(10-12-21)24-17-28-26(23(29-24)15-8-18-4-2-1-3-5-18)30-25(32)16-19-6-13-22(31)14-7-19/h3*6-7,9-14,17-18H,1-5,8,15-16,28H2,(H,29,31,32);6-7,9-14,17-18,31H,1-5,8,15-16,27H2,(H,28,30,32). The van der Waals surface area contributed by atoms with Gasteiger partial charge in [-0.15, -0.1) is 0 Å². The molecule has 4 aliphatic carbocycles. The fraction of sp³-hybridized carbons (Fsp3) is 0.346. The molecule has 0 aliphatic heterocycles. The Hall–Kier alpha value is -12.3. The van der Waals surface area contributed by atoms with Crippen molar-refractivity contribution in [2.45, 2.75) is 205 Å². The monoisotopic (exact) mass is 1800 g/mol. The minimum absolute atomic E-state index is 0.0826. The number of benzene rings is 8. The number of carbonyl (C=O) groups is 4. The molecule has 0 unspecified atom stereocenters. The lowest BCUT2D eigenvalue weighted by molar-refractivity contribution is -0.116. The van der Waals surface area contributed by atoms with Gasteiger partial charge in [0.15, 0.2) is 23.3 Å². The van der Waals surface area contributed by atoms with Gasteiger partial charge >= 0.3 is 0 Å². The average Bonchev–Trinajstić information content (AvgIpc) is 0.834. The van der Waals surface area contributed by atoms with Crippen molar-refractivity contribution in [2.75, 3.05) is 44.2 Å². The molecule has 24 heteroatoms. The van der Waals surface area contributed by atoms with E-state index in [0.29, 0.717) is 63.6 Å². The zero-order chi connectivity index (χ0) is 89.4. The predicted molar refractivity (Wildman–Crippen MR) is 517 cm³/mol. The summed E-state index contributed by atoms with van der Waals surface area (Å²) in [4.78, 5) is 88.5. The molecule has 0 radical (unpaired) electrons. The van der Waals surface area contributed by atoms with Gasteiger partial charge in [-0.1, -0.05) is 253 Å². The average molecular weight is 1810 g/mol. The maximum absolute atomic E-state index is 13.1. The van der Waals surface area contributed by atoms with E-state index in [9.17, 15) is 28.7 Å². The van der Waals surface area contributed by atoms with E-state index in [1.54, 1.807) is 73.3 Å². The number of carbonyl (C=O) groups excluding carboxylic acids is 4. The molecule has 21 nitrogen and oxygen atoms in total. The molecule has 0 saturated heterocycles. The molecule has 13 N–H and O–H groups in total. The van der Waals surface area contributed by atoms with Crippen molar-refractivity contribution in [3.8, 4) is 50.8 Å². The van der Waals surface area contributed by atoms with Crippen LogP contribution in [-0.2, 0) is 70.5 Å². The van der Waals surface area contributed by atoms with Crippen molar-refractivity contribution >= 4 is 97.2 Å². The molecule has 128 heavy (non-hydrogen) atoms. The summed E-state index contributed by atoms with van der Waals surface area (Å²) in [5, 5.41) is 22.0. The highest BCUT2D eigenvalue weighted by molar-refractivity contribution is 9.10. The van der Waals surface area contributed by atoms with Gasteiger partial charge in [-0.25, -0.2) is 44.3 Å². The Labute approximate surface area is 764 Å². The quantitative estimate of drug-likeness (QED) is 0.0206. The Morgan fingerprint density at radius 3 is 0.805 bits per heavy atom. The molecule has 664 valence electrons. The van der Waals surface area contributed by atoms with Gasteiger partial charge in [0.1, 0.15) is 11.6 Å². The van der Waals surface area contributed by atoms with E-state index in [-0.39, 0.29) is 54.5 Å². The van der Waals surface area contributed by atoms with Crippen LogP contribution in [0.5, 0.6) is 5.75 Å². The Kier molecular flexibility index (Phi) is 35.0. The summed E-state index contributed by atoms with van der Waals surface area (Å²) in [5.41, 5.74) is 39.8. The van der Waals surface area contributed by atoms with E-state index in [4.69, 9.17) is 54.5 Å². The van der Waals surface area contributed by atoms with E-state index in [1.165, 1.54) is 141 Å². The summed E-state index contributed by atoms with van der Waals surface area (Å²) >= 11 is 9.37. The van der Waals surface area contributed by atoms with E-state index in [1.807, 2.05) is 133 Å². The van der Waals surface area contributed by atoms with Crippen LogP contribution in [0.2, 0.25) is 5.02 Å². The molecule has 12 aromatic rings. The molecule has 0 spiro atoms. The number of nitrogens with two attached hydrogens (primary N) is 4. The first kappa shape index (κ1) is 93.3. The van der Waals surface area contributed by atoms with Crippen LogP contribution in [0, 0.1) is 29.5 Å². The smallest absolute Gasteiger partial charge is 0.229 e. The summed E-state index contributed by atoms with van der Waals surface area (Å²) in [6.45, 7) is 0. The van der Waals surface area contributed by atoms with E-state index >= 15 is 0 Å². The van der Waals surface area contributed by atoms with Crippen molar-refractivity contribution in [1.82, 2.24) is 39.9 Å². The molecule has 4 aromatic heterocycles. The topological polar surface area (TPSA) is 344 Å². The Balaban J connectivity index is 0.000000146. The lowest BCUT2D eigenvalue weighted by Gasteiger charge is -2.21. The third kappa shape index (κ3) is 29.9. The molecule has 16 rings (SSSR count). The van der Waals surface area contributed by atoms with Crippen LogP contribution < -0.4 is 44.2 Å². The van der Waals surface area contributed by atoms with E-state index in [2.05, 4.69) is 57.1 Å². The number of nitrogen functional groups attached to an aromatic ring is 4. The van der Waals surface area contributed by atoms with Crippen molar-refractivity contribution < 1.29 is 28.7 Å². The number of halogens is 3. The van der Waals surface area contributed by atoms with Crippen molar-refractivity contribution in [3.63, 3.8) is 0 Å². The highest BCUT2D eigenvalue weighted by Gasteiger charge is 2.24. The van der Waals surface area contributed by atoms with Crippen LogP contribution in [0.15, 0.2) is 223 Å². The number of phenolic OH excluding ortho intramolecular Hbond substituents is 1. The number of hydrogen-bond acceptors (Lipinski definition) is 17. The number of nitrogens with one attached hydrogen (secondary N) is 4. The molecule has 0 bridgehead atoms. The Morgan fingerprint density at radius 1 is 0.328 bits per heavy atom. The number of amides is 4. The van der Waals surface area contributed by atoms with E-state index in [0.717, 1.165) is 163 Å². The summed E-state index contributed by atoms with van der Waals surface area (Å²) in [6.07, 6.45) is 41.2. The summed E-state index contributed by atoms with van der Waals surface area (Å²) in [5.74, 6) is 4.37. The van der Waals surface area contributed by atoms with Crippen molar-refractivity contribution in [2.24, 2.45) is 23.7 Å². The minimum Gasteiger partial charge on any atom is -0.508 e. The molecule has 4 aliphatic rings. The summed E-state index contributed by atoms with van der Waals surface area (Å²) in [6, 6.07) is 58.1. The van der Waals surface area contributed by atoms with Gasteiger partial charge in [0.05, 0.1) is 96.0 Å². The number of anilines is 8. The zero-order valence-electron chi connectivity index (χ0n) is 72.8. The number of aromatic hydroxyl groups is 1.